The highest BCUT2D eigenvalue weighted by molar-refractivity contribution is 6.35. The number of nitrogens with zero attached hydrogens (tertiary/aromatic N) is 6. The average Bonchev–Trinajstić information content (AvgIpc) is 3.19. The minimum Gasteiger partial charge on any atom is -0.340 e. The lowest BCUT2D eigenvalue weighted by molar-refractivity contribution is -0.120. The van der Waals surface area contributed by atoms with Crippen molar-refractivity contribution in [1.29, 1.82) is 0 Å². The van der Waals surface area contributed by atoms with Gasteiger partial charge >= 0.3 is 0 Å². The third kappa shape index (κ3) is 3.36. The number of carbonyl (C=O) groups excluding carboxylic acids is 1. The molecule has 5 rings (SSSR count). The molecule has 160 valence electrons. The normalized spacial score (nSPS) is 18.8. The Morgan fingerprint density at radius 3 is 2.52 bits per heavy atom. The highest BCUT2D eigenvalue weighted by Crippen LogP contribution is 2.40. The molecule has 1 aliphatic carbocycles. The SMILES string of the molecule is CCC1C(=O)N(C)c2cnc(-n3ccnc3-c3cc(Cl)cc(Cl)c3)nc2N1C1CCC1. The number of carbonyl (C=O) groups is 1. The molecule has 0 spiro atoms. The van der Waals surface area contributed by atoms with Crippen LogP contribution >= 0.6 is 23.2 Å². The van der Waals surface area contributed by atoms with Crippen molar-refractivity contribution >= 4 is 40.6 Å². The molecule has 3 aromatic rings. The maximum absolute atomic E-state index is 13.0. The van der Waals surface area contributed by atoms with Gasteiger partial charge in [-0.05, 0) is 43.9 Å². The molecule has 0 radical (unpaired) electrons. The van der Waals surface area contributed by atoms with Crippen molar-refractivity contribution in [2.24, 2.45) is 0 Å². The molecule has 9 heteroatoms. The number of likely N-dealkylation sites (N-methyl/N-ethyl adjacent to an activating group) is 1. The van der Waals surface area contributed by atoms with Gasteiger partial charge < -0.3 is 9.80 Å². The van der Waals surface area contributed by atoms with Crippen molar-refractivity contribution < 1.29 is 4.79 Å². The van der Waals surface area contributed by atoms with Gasteiger partial charge in [0, 0.05) is 41.1 Å². The molecule has 1 aromatic carbocycles. The van der Waals surface area contributed by atoms with Gasteiger partial charge in [-0.1, -0.05) is 30.1 Å². The van der Waals surface area contributed by atoms with Crippen LogP contribution in [-0.2, 0) is 4.79 Å². The Balaban J connectivity index is 1.63. The van der Waals surface area contributed by atoms with E-state index in [1.807, 2.05) is 29.8 Å². The maximum atomic E-state index is 13.0. The molecule has 0 N–H and O–H groups in total. The Labute approximate surface area is 190 Å². The number of imidazole rings is 1. The van der Waals surface area contributed by atoms with Crippen molar-refractivity contribution in [3.8, 4) is 17.3 Å². The summed E-state index contributed by atoms with van der Waals surface area (Å²) in [5.41, 5.74) is 1.51. The van der Waals surface area contributed by atoms with Crippen LogP contribution in [-0.4, -0.2) is 44.6 Å². The number of aromatic nitrogens is 4. The summed E-state index contributed by atoms with van der Waals surface area (Å²) in [6.45, 7) is 2.05. The smallest absolute Gasteiger partial charge is 0.249 e. The first-order valence-corrected chi connectivity index (χ1v) is 11.2. The van der Waals surface area contributed by atoms with Crippen molar-refractivity contribution in [2.45, 2.75) is 44.7 Å². The number of anilines is 2. The van der Waals surface area contributed by atoms with Gasteiger partial charge in [0.05, 0.1) is 6.20 Å². The van der Waals surface area contributed by atoms with Crippen molar-refractivity contribution in [2.75, 3.05) is 16.8 Å². The van der Waals surface area contributed by atoms with Crippen LogP contribution in [0, 0.1) is 0 Å². The zero-order chi connectivity index (χ0) is 21.7. The third-order valence-electron chi connectivity index (χ3n) is 6.13. The second kappa shape index (κ2) is 7.80. The lowest BCUT2D eigenvalue weighted by Gasteiger charge is -2.47. The minimum absolute atomic E-state index is 0.0927. The van der Waals surface area contributed by atoms with Gasteiger partial charge in [-0.25, -0.2) is 9.97 Å². The minimum atomic E-state index is -0.209. The molecule has 0 saturated heterocycles. The van der Waals surface area contributed by atoms with Crippen molar-refractivity contribution in [3.63, 3.8) is 0 Å². The first-order valence-electron chi connectivity index (χ1n) is 10.4. The molecule has 0 bridgehead atoms. The molecule has 2 aliphatic rings. The van der Waals surface area contributed by atoms with Gasteiger partial charge in [0.2, 0.25) is 11.9 Å². The summed E-state index contributed by atoms with van der Waals surface area (Å²) >= 11 is 12.4. The Bertz CT molecular complexity index is 1140. The van der Waals surface area contributed by atoms with E-state index in [4.69, 9.17) is 28.2 Å². The molecule has 31 heavy (non-hydrogen) atoms. The molecule has 1 unspecified atom stereocenters. The predicted molar refractivity (Wildman–Crippen MR) is 122 cm³/mol. The lowest BCUT2D eigenvalue weighted by atomic mass is 9.88. The zero-order valence-corrected chi connectivity index (χ0v) is 18.8. The van der Waals surface area contributed by atoms with Gasteiger partial charge in [-0.2, -0.15) is 4.98 Å². The standard InChI is InChI=1S/C22H22Cl2N6O/c1-3-17-21(31)28(2)18-12-26-22(27-20(18)30(17)16-5-4-6-16)29-8-7-25-19(29)13-9-14(23)11-15(24)10-13/h7-12,16-17H,3-6H2,1-2H3. The molecule has 3 heterocycles. The van der Waals surface area contributed by atoms with E-state index in [1.165, 1.54) is 6.42 Å². The quantitative estimate of drug-likeness (QED) is 0.566. The summed E-state index contributed by atoms with van der Waals surface area (Å²) in [5, 5.41) is 1.07. The topological polar surface area (TPSA) is 67.2 Å². The Kier molecular flexibility index (Phi) is 5.10. The summed E-state index contributed by atoms with van der Waals surface area (Å²) < 4.78 is 1.82. The Hall–Kier alpha value is -2.64. The number of fused-ring (bicyclic) bond motifs is 1. The van der Waals surface area contributed by atoms with Gasteiger partial charge in [-0.3, -0.25) is 9.36 Å². The average molecular weight is 457 g/mol. The van der Waals surface area contributed by atoms with Crippen LogP contribution < -0.4 is 9.80 Å². The van der Waals surface area contributed by atoms with E-state index in [2.05, 4.69) is 14.9 Å². The van der Waals surface area contributed by atoms with Crippen LogP contribution in [0.1, 0.15) is 32.6 Å². The highest BCUT2D eigenvalue weighted by Gasteiger charge is 2.42. The number of halogens is 2. The van der Waals surface area contributed by atoms with E-state index < -0.39 is 0 Å². The Morgan fingerprint density at radius 1 is 1.13 bits per heavy atom. The number of hydrogen-bond acceptors (Lipinski definition) is 5. The van der Waals surface area contributed by atoms with E-state index in [0.29, 0.717) is 27.9 Å². The van der Waals surface area contributed by atoms with E-state index in [0.717, 1.165) is 36.3 Å². The van der Waals surface area contributed by atoms with Gasteiger partial charge in [0.25, 0.3) is 0 Å². The third-order valence-corrected chi connectivity index (χ3v) is 6.56. The van der Waals surface area contributed by atoms with Crippen molar-refractivity contribution in [3.05, 3.63) is 46.8 Å². The summed E-state index contributed by atoms with van der Waals surface area (Å²) in [5.74, 6) is 2.03. The molecule has 1 aliphatic heterocycles. The number of benzene rings is 1. The number of rotatable bonds is 4. The highest BCUT2D eigenvalue weighted by atomic mass is 35.5. The van der Waals surface area contributed by atoms with Crippen LogP contribution in [0.2, 0.25) is 10.0 Å². The number of amides is 1. The molecular weight excluding hydrogens is 435 g/mol. The van der Waals surface area contributed by atoms with Gasteiger partial charge in [0.15, 0.2) is 5.82 Å². The summed E-state index contributed by atoms with van der Waals surface area (Å²) in [7, 11) is 1.79. The summed E-state index contributed by atoms with van der Waals surface area (Å²) in [6, 6.07) is 5.43. The molecule has 1 saturated carbocycles. The molecule has 2 aromatic heterocycles. The number of hydrogen-bond donors (Lipinski definition) is 0. The molecule has 1 atom stereocenters. The second-order valence-corrected chi connectivity index (χ2v) is 8.84. The first kappa shape index (κ1) is 20.3. The largest absolute Gasteiger partial charge is 0.340 e. The summed E-state index contributed by atoms with van der Waals surface area (Å²) in [4.78, 5) is 30.8. The van der Waals surface area contributed by atoms with Crippen LogP contribution in [0.4, 0.5) is 11.5 Å². The fourth-order valence-corrected chi connectivity index (χ4v) is 4.86. The molecular formula is C22H22Cl2N6O. The molecule has 1 amide bonds. The van der Waals surface area contributed by atoms with Gasteiger partial charge in [-0.15, -0.1) is 0 Å². The van der Waals surface area contributed by atoms with Crippen LogP contribution in [0.3, 0.4) is 0 Å². The summed E-state index contributed by atoms with van der Waals surface area (Å²) in [6.07, 6.45) is 9.29. The van der Waals surface area contributed by atoms with E-state index in [1.54, 1.807) is 30.4 Å². The zero-order valence-electron chi connectivity index (χ0n) is 17.3. The molecule has 1 fully saturated rings. The predicted octanol–water partition coefficient (Wildman–Crippen LogP) is 4.75. The van der Waals surface area contributed by atoms with Crippen LogP contribution in [0.15, 0.2) is 36.8 Å². The van der Waals surface area contributed by atoms with Crippen LogP contribution in [0.5, 0.6) is 0 Å². The monoisotopic (exact) mass is 456 g/mol. The first-order chi connectivity index (χ1) is 15.0. The lowest BCUT2D eigenvalue weighted by Crippen LogP contribution is -2.57. The van der Waals surface area contributed by atoms with E-state index >= 15 is 0 Å². The second-order valence-electron chi connectivity index (χ2n) is 7.97. The van der Waals surface area contributed by atoms with Gasteiger partial charge in [0.1, 0.15) is 17.6 Å². The molecule has 7 nitrogen and oxygen atoms in total. The van der Waals surface area contributed by atoms with Crippen LogP contribution in [0.25, 0.3) is 17.3 Å². The van der Waals surface area contributed by atoms with E-state index in [-0.39, 0.29) is 11.9 Å². The van der Waals surface area contributed by atoms with E-state index in [9.17, 15) is 4.79 Å². The fourth-order valence-electron chi connectivity index (χ4n) is 4.33. The fraction of sp³-hybridized carbons (Fsp3) is 0.364. The van der Waals surface area contributed by atoms with Crippen molar-refractivity contribution in [1.82, 2.24) is 19.5 Å². The maximum Gasteiger partial charge on any atom is 0.249 e. The Morgan fingerprint density at radius 2 is 1.87 bits per heavy atom.